The van der Waals surface area contributed by atoms with E-state index in [2.05, 4.69) is 60.8 Å². The Kier molecular flexibility index (Phi) is 5.18. The van der Waals surface area contributed by atoms with E-state index in [9.17, 15) is 0 Å². The molecule has 2 rings (SSSR count). The number of rotatable bonds is 4. The Morgan fingerprint density at radius 2 is 2.29 bits per heavy atom. The Morgan fingerprint density at radius 1 is 1.47 bits per heavy atom. The van der Waals surface area contributed by atoms with E-state index in [1.165, 1.54) is 25.0 Å². The van der Waals surface area contributed by atoms with Crippen LogP contribution in [0, 0.1) is 0 Å². The molecule has 5 heteroatoms. The quantitative estimate of drug-likeness (QED) is 0.821. The maximum atomic E-state index is 4.42. The van der Waals surface area contributed by atoms with E-state index in [-0.39, 0.29) is 0 Å². The number of hydrogen-bond acceptors (Lipinski definition) is 3. The van der Waals surface area contributed by atoms with E-state index in [4.69, 9.17) is 0 Å². The zero-order valence-electron chi connectivity index (χ0n) is 9.75. The largest absolute Gasteiger partial charge is 0.365 e. The van der Waals surface area contributed by atoms with Crippen molar-refractivity contribution in [1.29, 1.82) is 0 Å². The number of halogens is 2. The molecule has 1 heterocycles. The van der Waals surface area contributed by atoms with Gasteiger partial charge in [-0.2, -0.15) is 11.8 Å². The van der Waals surface area contributed by atoms with Gasteiger partial charge in [0.15, 0.2) is 0 Å². The molecule has 0 radical (unpaired) electrons. The Bertz CT molecular complexity index is 387. The highest BCUT2D eigenvalue weighted by Gasteiger charge is 2.27. The third-order valence-corrected chi connectivity index (χ3v) is 5.33. The molecule has 1 aromatic heterocycles. The first-order chi connectivity index (χ1) is 8.20. The second kappa shape index (κ2) is 6.43. The van der Waals surface area contributed by atoms with Gasteiger partial charge in [-0.3, -0.25) is 0 Å². The van der Waals surface area contributed by atoms with Gasteiger partial charge in [0.2, 0.25) is 0 Å². The highest BCUT2D eigenvalue weighted by atomic mass is 79.9. The van der Waals surface area contributed by atoms with Crippen molar-refractivity contribution in [3.8, 4) is 0 Å². The van der Waals surface area contributed by atoms with Crippen molar-refractivity contribution < 1.29 is 0 Å². The van der Waals surface area contributed by atoms with Gasteiger partial charge in [0.25, 0.3) is 0 Å². The number of nitrogens with one attached hydrogen (secondary N) is 1. The molecule has 1 saturated carbocycles. The van der Waals surface area contributed by atoms with Gasteiger partial charge in [-0.25, -0.2) is 4.98 Å². The molecule has 2 unspecified atom stereocenters. The fourth-order valence-corrected chi connectivity index (χ4v) is 4.50. The highest BCUT2D eigenvalue weighted by Crippen LogP contribution is 2.33. The van der Waals surface area contributed by atoms with Crippen molar-refractivity contribution in [2.75, 3.05) is 11.1 Å². The van der Waals surface area contributed by atoms with Crippen LogP contribution in [-0.4, -0.2) is 22.0 Å². The summed E-state index contributed by atoms with van der Waals surface area (Å²) in [5, 5.41) is 4.31. The maximum Gasteiger partial charge on any atom is 0.140 e. The molecule has 1 aliphatic rings. The second-order valence-electron chi connectivity index (χ2n) is 4.16. The van der Waals surface area contributed by atoms with E-state index in [1.54, 1.807) is 0 Å². The molecule has 1 aliphatic carbocycles. The van der Waals surface area contributed by atoms with Crippen LogP contribution in [0.3, 0.4) is 0 Å². The minimum Gasteiger partial charge on any atom is -0.365 e. The van der Waals surface area contributed by atoms with Crippen LogP contribution in [0.25, 0.3) is 0 Å². The van der Waals surface area contributed by atoms with E-state index >= 15 is 0 Å². The van der Waals surface area contributed by atoms with Gasteiger partial charge in [0.05, 0.1) is 4.47 Å². The molecule has 0 saturated heterocycles. The van der Waals surface area contributed by atoms with E-state index in [0.717, 1.165) is 20.0 Å². The summed E-state index contributed by atoms with van der Waals surface area (Å²) >= 11 is 9.03. The molecular weight excluding hydrogens is 364 g/mol. The number of pyridine rings is 1. The highest BCUT2D eigenvalue weighted by molar-refractivity contribution is 9.11. The average molecular weight is 380 g/mol. The fourth-order valence-electron chi connectivity index (χ4n) is 2.20. The number of thioether (sulfide) groups is 1. The lowest BCUT2D eigenvalue weighted by atomic mass is 10.2. The molecule has 0 aromatic carbocycles. The molecule has 0 aliphatic heterocycles. The summed E-state index contributed by atoms with van der Waals surface area (Å²) in [7, 11) is 0. The molecule has 1 aromatic rings. The molecule has 0 bridgehead atoms. The van der Waals surface area contributed by atoms with Crippen molar-refractivity contribution in [1.82, 2.24) is 4.98 Å². The lowest BCUT2D eigenvalue weighted by Crippen LogP contribution is -2.26. The zero-order chi connectivity index (χ0) is 12.3. The van der Waals surface area contributed by atoms with Gasteiger partial charge in [0, 0.05) is 22.0 Å². The number of hydrogen-bond donors (Lipinski definition) is 1. The molecule has 2 nitrogen and oxygen atoms in total. The Balaban J connectivity index is 2.04. The van der Waals surface area contributed by atoms with Crippen molar-refractivity contribution in [2.24, 2.45) is 0 Å². The van der Waals surface area contributed by atoms with Crippen LogP contribution in [-0.2, 0) is 0 Å². The van der Waals surface area contributed by atoms with Crippen LogP contribution in [0.4, 0.5) is 5.82 Å². The summed E-state index contributed by atoms with van der Waals surface area (Å²) in [5.74, 6) is 2.15. The molecule has 2 atom stereocenters. The standard InChI is InChI=1S/C12H16Br2N2S/c1-2-17-11-5-3-4-10(11)16-12-9(14)6-8(13)7-15-12/h6-7,10-11H,2-5H2,1H3,(H,15,16). The average Bonchev–Trinajstić information content (AvgIpc) is 2.71. The summed E-state index contributed by atoms with van der Waals surface area (Å²) < 4.78 is 2.03. The lowest BCUT2D eigenvalue weighted by Gasteiger charge is -2.21. The second-order valence-corrected chi connectivity index (χ2v) is 7.45. The van der Waals surface area contributed by atoms with E-state index < -0.39 is 0 Å². The van der Waals surface area contributed by atoms with Crippen molar-refractivity contribution >= 4 is 49.4 Å². The van der Waals surface area contributed by atoms with Crippen LogP contribution in [0.2, 0.25) is 0 Å². The molecule has 0 spiro atoms. The maximum absolute atomic E-state index is 4.42. The summed E-state index contributed by atoms with van der Waals surface area (Å²) in [6.45, 7) is 2.23. The minimum atomic E-state index is 0.560. The summed E-state index contributed by atoms with van der Waals surface area (Å²) in [6.07, 6.45) is 5.74. The van der Waals surface area contributed by atoms with Crippen LogP contribution in [0.1, 0.15) is 26.2 Å². The summed E-state index contributed by atoms with van der Waals surface area (Å²) in [6, 6.07) is 2.59. The molecule has 94 valence electrons. The first-order valence-corrected chi connectivity index (χ1v) is 8.53. The minimum absolute atomic E-state index is 0.560. The monoisotopic (exact) mass is 378 g/mol. The van der Waals surface area contributed by atoms with Crippen LogP contribution >= 0.6 is 43.6 Å². The predicted octanol–water partition coefficient (Wildman–Crippen LogP) is 4.69. The molecule has 0 amide bonds. The molecular formula is C12H16Br2N2S. The van der Waals surface area contributed by atoms with Gasteiger partial charge in [-0.1, -0.05) is 13.3 Å². The van der Waals surface area contributed by atoms with Gasteiger partial charge < -0.3 is 5.32 Å². The van der Waals surface area contributed by atoms with Crippen molar-refractivity contribution in [3.63, 3.8) is 0 Å². The van der Waals surface area contributed by atoms with Crippen LogP contribution < -0.4 is 5.32 Å². The van der Waals surface area contributed by atoms with Crippen LogP contribution in [0.5, 0.6) is 0 Å². The smallest absolute Gasteiger partial charge is 0.140 e. The van der Waals surface area contributed by atoms with Gasteiger partial charge in [-0.05, 0) is 56.5 Å². The Hall–Kier alpha value is 0.260. The molecule has 17 heavy (non-hydrogen) atoms. The molecule has 1 fully saturated rings. The first kappa shape index (κ1) is 13.7. The fraction of sp³-hybridized carbons (Fsp3) is 0.583. The topological polar surface area (TPSA) is 24.9 Å². The van der Waals surface area contributed by atoms with Gasteiger partial charge in [0.1, 0.15) is 5.82 Å². The first-order valence-electron chi connectivity index (χ1n) is 5.90. The SMILES string of the molecule is CCSC1CCCC1Nc1ncc(Br)cc1Br. The lowest BCUT2D eigenvalue weighted by molar-refractivity contribution is 0.761. The third-order valence-electron chi connectivity index (χ3n) is 2.96. The van der Waals surface area contributed by atoms with Gasteiger partial charge in [-0.15, -0.1) is 0 Å². The Labute approximate surface area is 124 Å². The normalized spacial score (nSPS) is 23.9. The Morgan fingerprint density at radius 3 is 3.00 bits per heavy atom. The number of aromatic nitrogens is 1. The number of anilines is 1. The van der Waals surface area contributed by atoms with Gasteiger partial charge >= 0.3 is 0 Å². The van der Waals surface area contributed by atoms with E-state index in [1.807, 2.05) is 12.3 Å². The summed E-state index contributed by atoms with van der Waals surface area (Å²) in [4.78, 5) is 4.42. The predicted molar refractivity (Wildman–Crippen MR) is 82.8 cm³/mol. The number of nitrogens with zero attached hydrogens (tertiary/aromatic N) is 1. The molecule has 1 N–H and O–H groups in total. The van der Waals surface area contributed by atoms with Crippen LogP contribution in [0.15, 0.2) is 21.2 Å². The van der Waals surface area contributed by atoms with Crippen molar-refractivity contribution in [3.05, 3.63) is 21.2 Å². The summed E-state index contributed by atoms with van der Waals surface area (Å²) in [5.41, 5.74) is 0. The van der Waals surface area contributed by atoms with Crippen molar-refractivity contribution in [2.45, 2.75) is 37.5 Å². The van der Waals surface area contributed by atoms with E-state index in [0.29, 0.717) is 6.04 Å². The third kappa shape index (κ3) is 3.61. The zero-order valence-corrected chi connectivity index (χ0v) is 13.7.